The van der Waals surface area contributed by atoms with Gasteiger partial charge in [0.2, 0.25) is 0 Å². The van der Waals surface area contributed by atoms with E-state index in [1.54, 1.807) is 0 Å². The predicted octanol–water partition coefficient (Wildman–Crippen LogP) is 3.70. The molecule has 2 aromatic rings. The first-order valence-corrected chi connectivity index (χ1v) is 7.25. The van der Waals surface area contributed by atoms with Crippen LogP contribution in [0.2, 0.25) is 0 Å². The van der Waals surface area contributed by atoms with E-state index >= 15 is 0 Å². The van der Waals surface area contributed by atoms with E-state index in [1.165, 1.54) is 0 Å². The second kappa shape index (κ2) is 7.60. The molecule has 1 N–H and O–H groups in total. The van der Waals surface area contributed by atoms with Crippen LogP contribution in [0.1, 0.15) is 12.5 Å². The number of benzene rings is 2. The summed E-state index contributed by atoms with van der Waals surface area (Å²) in [6.45, 7) is 3.17. The Kier molecular flexibility index (Phi) is 5.52. The number of nitrogens with one attached hydrogen (secondary N) is 1. The smallest absolute Gasteiger partial charge is 0.0720 e. The summed E-state index contributed by atoms with van der Waals surface area (Å²) < 4.78 is 0. The lowest BCUT2D eigenvalue weighted by molar-refractivity contribution is 0.380. The van der Waals surface area contributed by atoms with Gasteiger partial charge in [-0.3, -0.25) is 5.43 Å². The Morgan fingerprint density at radius 2 is 1.57 bits per heavy atom. The first-order valence-electron chi connectivity index (χ1n) is 7.25. The summed E-state index contributed by atoms with van der Waals surface area (Å²) in [5.41, 5.74) is 6.41. The quantitative estimate of drug-likeness (QED) is 0.646. The van der Waals surface area contributed by atoms with Crippen molar-refractivity contribution in [3.8, 4) is 0 Å². The molecule has 21 heavy (non-hydrogen) atoms. The van der Waals surface area contributed by atoms with Crippen molar-refractivity contribution >= 4 is 11.4 Å². The van der Waals surface area contributed by atoms with Crippen LogP contribution in [-0.2, 0) is 0 Å². The number of hydrogen-bond acceptors (Lipinski definition) is 3. The highest BCUT2D eigenvalue weighted by Gasteiger charge is 2.14. The highest BCUT2D eigenvalue weighted by Crippen LogP contribution is 2.13. The first-order chi connectivity index (χ1) is 10.2. The molecule has 3 nitrogen and oxygen atoms in total. The molecular weight excluding hydrogens is 258 g/mol. The van der Waals surface area contributed by atoms with Gasteiger partial charge in [-0.05, 0) is 31.8 Å². The van der Waals surface area contributed by atoms with Crippen LogP contribution in [0.15, 0.2) is 65.8 Å². The molecule has 3 heteroatoms. The molecule has 0 radical (unpaired) electrons. The van der Waals surface area contributed by atoms with Crippen molar-refractivity contribution in [3.05, 3.63) is 66.2 Å². The number of rotatable bonds is 6. The molecule has 0 saturated carbocycles. The van der Waals surface area contributed by atoms with E-state index in [1.807, 2.05) is 36.4 Å². The van der Waals surface area contributed by atoms with Crippen LogP contribution in [0.3, 0.4) is 0 Å². The van der Waals surface area contributed by atoms with Gasteiger partial charge in [-0.1, -0.05) is 55.5 Å². The van der Waals surface area contributed by atoms with Crippen molar-refractivity contribution in [2.45, 2.75) is 6.92 Å². The van der Waals surface area contributed by atoms with Crippen LogP contribution in [0.25, 0.3) is 0 Å². The minimum atomic E-state index is 0.346. The predicted molar refractivity (Wildman–Crippen MR) is 90.8 cm³/mol. The topological polar surface area (TPSA) is 27.6 Å². The molecule has 0 aromatic heterocycles. The maximum Gasteiger partial charge on any atom is 0.0720 e. The zero-order chi connectivity index (χ0) is 15.1. The van der Waals surface area contributed by atoms with E-state index in [9.17, 15) is 0 Å². The fourth-order valence-electron chi connectivity index (χ4n) is 2.34. The third-order valence-corrected chi connectivity index (χ3v) is 3.25. The molecule has 0 bridgehead atoms. The SMILES string of the molecule is C[C@H](CN(C)C)/C(=N/Nc1ccccc1)c1ccccc1. The third-order valence-electron chi connectivity index (χ3n) is 3.25. The molecule has 0 spiro atoms. The maximum atomic E-state index is 4.66. The molecule has 110 valence electrons. The average Bonchev–Trinajstić information content (AvgIpc) is 2.49. The molecule has 2 rings (SSSR count). The third kappa shape index (κ3) is 4.72. The van der Waals surface area contributed by atoms with Crippen molar-refractivity contribution in [3.63, 3.8) is 0 Å². The van der Waals surface area contributed by atoms with E-state index < -0.39 is 0 Å². The highest BCUT2D eigenvalue weighted by atomic mass is 15.3. The van der Waals surface area contributed by atoms with Gasteiger partial charge in [-0.25, -0.2) is 0 Å². The van der Waals surface area contributed by atoms with Crippen molar-refractivity contribution < 1.29 is 0 Å². The van der Waals surface area contributed by atoms with E-state index in [0.29, 0.717) is 5.92 Å². The minimum Gasteiger partial charge on any atom is -0.309 e. The first kappa shape index (κ1) is 15.3. The summed E-state index contributed by atoms with van der Waals surface area (Å²) in [7, 11) is 4.17. The van der Waals surface area contributed by atoms with Crippen LogP contribution in [0.5, 0.6) is 0 Å². The van der Waals surface area contributed by atoms with Crippen LogP contribution >= 0.6 is 0 Å². The van der Waals surface area contributed by atoms with E-state index in [2.05, 4.69) is 60.7 Å². The number of hydrazone groups is 1. The van der Waals surface area contributed by atoms with Gasteiger partial charge in [-0.15, -0.1) is 0 Å². The van der Waals surface area contributed by atoms with Gasteiger partial charge in [-0.2, -0.15) is 5.10 Å². The molecule has 0 heterocycles. The summed E-state index contributed by atoms with van der Waals surface area (Å²) in [6, 6.07) is 20.4. The van der Waals surface area contributed by atoms with Crippen LogP contribution in [0, 0.1) is 5.92 Å². The summed E-state index contributed by atoms with van der Waals surface area (Å²) in [5.74, 6) is 0.346. The van der Waals surface area contributed by atoms with Gasteiger partial charge >= 0.3 is 0 Å². The molecule has 0 amide bonds. The molecule has 0 fully saturated rings. The van der Waals surface area contributed by atoms with Gasteiger partial charge in [0, 0.05) is 12.5 Å². The summed E-state index contributed by atoms with van der Waals surface area (Å²) in [5, 5.41) is 4.66. The fraction of sp³-hybridized carbons (Fsp3) is 0.278. The molecule has 2 aromatic carbocycles. The fourth-order valence-corrected chi connectivity index (χ4v) is 2.34. The van der Waals surface area contributed by atoms with Crippen molar-refractivity contribution in [1.82, 2.24) is 4.90 Å². The van der Waals surface area contributed by atoms with Gasteiger partial charge in [0.1, 0.15) is 0 Å². The van der Waals surface area contributed by atoms with E-state index in [4.69, 9.17) is 0 Å². The second-order valence-corrected chi connectivity index (χ2v) is 5.50. The van der Waals surface area contributed by atoms with Crippen molar-refractivity contribution in [2.24, 2.45) is 11.0 Å². The molecular formula is C18H23N3. The Bertz CT molecular complexity index is 562. The number of hydrogen-bond donors (Lipinski definition) is 1. The lowest BCUT2D eigenvalue weighted by atomic mass is 9.98. The highest BCUT2D eigenvalue weighted by molar-refractivity contribution is 6.02. The largest absolute Gasteiger partial charge is 0.309 e. The summed E-state index contributed by atoms with van der Waals surface area (Å²) >= 11 is 0. The molecule has 0 aliphatic heterocycles. The van der Waals surface area contributed by atoms with Crippen molar-refractivity contribution in [1.29, 1.82) is 0 Å². The standard InChI is InChI=1S/C18H23N3/c1-15(14-21(2)3)18(16-10-6-4-7-11-16)20-19-17-12-8-5-9-13-17/h4-13,15,19H,14H2,1-3H3/b20-18-/t15-/m1/s1. The summed E-state index contributed by atoms with van der Waals surface area (Å²) in [6.07, 6.45) is 0. The molecule has 0 saturated heterocycles. The molecule has 0 unspecified atom stereocenters. The zero-order valence-corrected chi connectivity index (χ0v) is 13.0. The second-order valence-electron chi connectivity index (χ2n) is 5.50. The van der Waals surface area contributed by atoms with Gasteiger partial charge < -0.3 is 4.90 Å². The molecule has 0 aliphatic rings. The van der Waals surface area contributed by atoms with Gasteiger partial charge in [0.05, 0.1) is 11.4 Å². The monoisotopic (exact) mass is 281 g/mol. The zero-order valence-electron chi connectivity index (χ0n) is 13.0. The van der Waals surface area contributed by atoms with E-state index in [0.717, 1.165) is 23.5 Å². The van der Waals surface area contributed by atoms with Crippen LogP contribution in [-0.4, -0.2) is 31.3 Å². The summed E-state index contributed by atoms with van der Waals surface area (Å²) in [4.78, 5) is 2.19. The number of nitrogens with zero attached hydrogens (tertiary/aromatic N) is 2. The Hall–Kier alpha value is -2.13. The Morgan fingerprint density at radius 1 is 1.00 bits per heavy atom. The molecule has 0 aliphatic carbocycles. The van der Waals surface area contributed by atoms with Gasteiger partial charge in [0.25, 0.3) is 0 Å². The van der Waals surface area contributed by atoms with Crippen LogP contribution < -0.4 is 5.43 Å². The maximum absolute atomic E-state index is 4.66. The lowest BCUT2D eigenvalue weighted by Crippen LogP contribution is -2.27. The number of para-hydroxylation sites is 1. The Balaban J connectivity index is 2.23. The average molecular weight is 281 g/mol. The molecule has 1 atom stereocenters. The normalized spacial score (nSPS) is 13.2. The van der Waals surface area contributed by atoms with E-state index in [-0.39, 0.29) is 0 Å². The minimum absolute atomic E-state index is 0.346. The Labute approximate surface area is 127 Å². The van der Waals surface area contributed by atoms with Gasteiger partial charge in [0.15, 0.2) is 0 Å². The lowest BCUT2D eigenvalue weighted by Gasteiger charge is -2.19. The Morgan fingerprint density at radius 3 is 2.14 bits per heavy atom. The van der Waals surface area contributed by atoms with Crippen LogP contribution in [0.4, 0.5) is 5.69 Å². The number of anilines is 1. The van der Waals surface area contributed by atoms with Crippen molar-refractivity contribution in [2.75, 3.05) is 26.1 Å².